The second-order valence-electron chi connectivity index (χ2n) is 4.64. The van der Waals surface area contributed by atoms with E-state index in [9.17, 15) is 5.11 Å². The molecule has 3 fully saturated rings. The van der Waals surface area contributed by atoms with Crippen molar-refractivity contribution in [2.24, 2.45) is 23.7 Å². The Kier molecular flexibility index (Phi) is 1.18. The third-order valence-electron chi connectivity index (χ3n) is 4.40. The Morgan fingerprint density at radius 1 is 0.818 bits per heavy atom. The SMILES string of the molecule is O[C@@H]1CC[C@@H]2[C@@H]3CCC[C@@H]3[C@@H]21. The van der Waals surface area contributed by atoms with E-state index < -0.39 is 0 Å². The van der Waals surface area contributed by atoms with Crippen LogP contribution in [0, 0.1) is 23.7 Å². The van der Waals surface area contributed by atoms with E-state index in [-0.39, 0.29) is 6.10 Å². The molecule has 0 aromatic carbocycles. The molecule has 0 amide bonds. The van der Waals surface area contributed by atoms with Crippen molar-refractivity contribution in [3.05, 3.63) is 0 Å². The Morgan fingerprint density at radius 2 is 1.55 bits per heavy atom. The maximum Gasteiger partial charge on any atom is 0.0574 e. The zero-order valence-corrected chi connectivity index (χ0v) is 6.87. The van der Waals surface area contributed by atoms with Crippen LogP contribution in [0.4, 0.5) is 0 Å². The molecule has 0 radical (unpaired) electrons. The molecule has 0 unspecified atom stereocenters. The first kappa shape index (κ1) is 6.47. The Balaban J connectivity index is 1.84. The van der Waals surface area contributed by atoms with Crippen LogP contribution in [0.5, 0.6) is 0 Å². The van der Waals surface area contributed by atoms with Gasteiger partial charge in [-0.05, 0) is 49.4 Å². The normalized spacial score (nSPS) is 60.3. The Bertz CT molecular complexity index is 172. The highest BCUT2D eigenvalue weighted by Crippen LogP contribution is 2.61. The van der Waals surface area contributed by atoms with E-state index in [0.717, 1.165) is 30.1 Å². The predicted octanol–water partition coefficient (Wildman–Crippen LogP) is 1.80. The Morgan fingerprint density at radius 3 is 2.45 bits per heavy atom. The van der Waals surface area contributed by atoms with Gasteiger partial charge in [-0.1, -0.05) is 6.42 Å². The lowest BCUT2D eigenvalue weighted by Gasteiger charge is -2.46. The highest BCUT2D eigenvalue weighted by molar-refractivity contribution is 5.06. The van der Waals surface area contributed by atoms with Gasteiger partial charge in [0.2, 0.25) is 0 Å². The number of rotatable bonds is 0. The predicted molar refractivity (Wildman–Crippen MR) is 43.1 cm³/mol. The lowest BCUT2D eigenvalue weighted by atomic mass is 9.59. The minimum Gasteiger partial charge on any atom is -0.393 e. The molecule has 0 aromatic heterocycles. The number of hydrogen-bond donors (Lipinski definition) is 1. The zero-order chi connectivity index (χ0) is 7.42. The van der Waals surface area contributed by atoms with Gasteiger partial charge in [0, 0.05) is 0 Å². The molecule has 0 spiro atoms. The molecule has 1 heteroatoms. The van der Waals surface area contributed by atoms with Gasteiger partial charge >= 0.3 is 0 Å². The molecule has 5 atom stereocenters. The number of fused-ring (bicyclic) bond motifs is 4. The molecular formula is C10H16O. The summed E-state index contributed by atoms with van der Waals surface area (Å²) in [5.74, 6) is 3.66. The number of aliphatic hydroxyl groups is 1. The molecule has 1 nitrogen and oxygen atoms in total. The van der Waals surface area contributed by atoms with Crippen LogP contribution in [0.3, 0.4) is 0 Å². The van der Waals surface area contributed by atoms with Gasteiger partial charge in [-0.25, -0.2) is 0 Å². The summed E-state index contributed by atoms with van der Waals surface area (Å²) in [6, 6.07) is 0. The van der Waals surface area contributed by atoms with Crippen molar-refractivity contribution in [3.63, 3.8) is 0 Å². The fourth-order valence-corrected chi connectivity index (χ4v) is 4.02. The first-order chi connectivity index (χ1) is 5.38. The average molecular weight is 152 g/mol. The minimum absolute atomic E-state index is 0.0827. The summed E-state index contributed by atoms with van der Waals surface area (Å²) in [4.78, 5) is 0. The molecule has 0 heterocycles. The van der Waals surface area contributed by atoms with Gasteiger partial charge in [-0.15, -0.1) is 0 Å². The van der Waals surface area contributed by atoms with Crippen LogP contribution in [0.25, 0.3) is 0 Å². The molecule has 0 aliphatic heterocycles. The van der Waals surface area contributed by atoms with Crippen molar-refractivity contribution < 1.29 is 5.11 Å². The molecule has 3 saturated carbocycles. The van der Waals surface area contributed by atoms with Crippen LogP contribution < -0.4 is 0 Å². The monoisotopic (exact) mass is 152 g/mol. The summed E-state index contributed by atoms with van der Waals surface area (Å²) >= 11 is 0. The summed E-state index contributed by atoms with van der Waals surface area (Å²) in [5, 5.41) is 9.67. The van der Waals surface area contributed by atoms with E-state index >= 15 is 0 Å². The van der Waals surface area contributed by atoms with Crippen LogP contribution in [0.2, 0.25) is 0 Å². The fraction of sp³-hybridized carbons (Fsp3) is 1.00. The molecule has 0 aromatic rings. The smallest absolute Gasteiger partial charge is 0.0574 e. The van der Waals surface area contributed by atoms with Crippen LogP contribution in [-0.2, 0) is 0 Å². The van der Waals surface area contributed by atoms with E-state index in [1.807, 2.05) is 0 Å². The quantitative estimate of drug-likeness (QED) is 0.561. The molecular weight excluding hydrogens is 136 g/mol. The summed E-state index contributed by atoms with van der Waals surface area (Å²) in [6.45, 7) is 0. The Labute approximate surface area is 67.8 Å². The first-order valence-corrected chi connectivity index (χ1v) is 5.06. The lowest BCUT2D eigenvalue weighted by molar-refractivity contribution is -0.0358. The van der Waals surface area contributed by atoms with Gasteiger partial charge in [0.05, 0.1) is 6.10 Å². The number of hydrogen-bond acceptors (Lipinski definition) is 1. The zero-order valence-electron chi connectivity index (χ0n) is 6.87. The molecule has 11 heavy (non-hydrogen) atoms. The van der Waals surface area contributed by atoms with Gasteiger partial charge in [0.1, 0.15) is 0 Å². The summed E-state index contributed by atoms with van der Waals surface area (Å²) in [7, 11) is 0. The first-order valence-electron chi connectivity index (χ1n) is 5.06. The third-order valence-corrected chi connectivity index (χ3v) is 4.40. The molecule has 1 N–H and O–H groups in total. The highest BCUT2D eigenvalue weighted by atomic mass is 16.3. The van der Waals surface area contributed by atoms with Gasteiger partial charge in [-0.3, -0.25) is 0 Å². The number of aliphatic hydroxyl groups excluding tert-OH is 1. The van der Waals surface area contributed by atoms with Crippen molar-refractivity contribution in [3.8, 4) is 0 Å². The van der Waals surface area contributed by atoms with Gasteiger partial charge in [0.15, 0.2) is 0 Å². The lowest BCUT2D eigenvalue weighted by Crippen LogP contribution is -2.44. The highest BCUT2D eigenvalue weighted by Gasteiger charge is 2.57. The molecule has 3 aliphatic rings. The van der Waals surface area contributed by atoms with Crippen LogP contribution in [0.1, 0.15) is 32.1 Å². The molecule has 3 rings (SSSR count). The second-order valence-corrected chi connectivity index (χ2v) is 4.64. The van der Waals surface area contributed by atoms with Gasteiger partial charge < -0.3 is 5.11 Å². The average Bonchev–Trinajstić information content (AvgIpc) is 2.43. The van der Waals surface area contributed by atoms with Gasteiger partial charge in [-0.2, -0.15) is 0 Å². The van der Waals surface area contributed by atoms with E-state index in [4.69, 9.17) is 0 Å². The standard InChI is InChI=1S/C10H16O/c11-9-5-4-8-6-2-1-3-7(6)10(8)9/h6-11H,1-5H2/t6-,7+,8-,9-,10+/m1/s1. The summed E-state index contributed by atoms with van der Waals surface area (Å²) in [6.07, 6.45) is 6.84. The second kappa shape index (κ2) is 2.01. The van der Waals surface area contributed by atoms with Crippen molar-refractivity contribution in [1.29, 1.82) is 0 Å². The van der Waals surface area contributed by atoms with Crippen LogP contribution in [0.15, 0.2) is 0 Å². The summed E-state index contributed by atoms with van der Waals surface area (Å²) < 4.78 is 0. The van der Waals surface area contributed by atoms with Crippen molar-refractivity contribution in [1.82, 2.24) is 0 Å². The fourth-order valence-electron chi connectivity index (χ4n) is 4.02. The van der Waals surface area contributed by atoms with Crippen molar-refractivity contribution in [2.75, 3.05) is 0 Å². The van der Waals surface area contributed by atoms with Crippen LogP contribution >= 0.6 is 0 Å². The molecule has 3 aliphatic carbocycles. The van der Waals surface area contributed by atoms with Crippen molar-refractivity contribution in [2.45, 2.75) is 38.2 Å². The van der Waals surface area contributed by atoms with Gasteiger partial charge in [0.25, 0.3) is 0 Å². The maximum absolute atomic E-state index is 9.67. The maximum atomic E-state index is 9.67. The third kappa shape index (κ3) is 0.658. The minimum atomic E-state index is 0.0827. The largest absolute Gasteiger partial charge is 0.393 e. The van der Waals surface area contributed by atoms with E-state index in [0.29, 0.717) is 0 Å². The molecule has 0 saturated heterocycles. The van der Waals surface area contributed by atoms with Crippen LogP contribution in [-0.4, -0.2) is 11.2 Å². The molecule has 0 bridgehead atoms. The molecule has 62 valence electrons. The summed E-state index contributed by atoms with van der Waals surface area (Å²) in [5.41, 5.74) is 0. The van der Waals surface area contributed by atoms with E-state index in [2.05, 4.69) is 0 Å². The van der Waals surface area contributed by atoms with E-state index in [1.165, 1.54) is 25.7 Å². The van der Waals surface area contributed by atoms with Crippen molar-refractivity contribution >= 4 is 0 Å². The Hall–Kier alpha value is -0.0400. The topological polar surface area (TPSA) is 20.2 Å². The van der Waals surface area contributed by atoms with E-state index in [1.54, 1.807) is 0 Å².